The maximum absolute atomic E-state index is 12.8. The predicted molar refractivity (Wildman–Crippen MR) is 60.0 cm³/mol. The number of halogens is 1. The first kappa shape index (κ1) is 12.2. The van der Waals surface area contributed by atoms with Gasteiger partial charge in [0, 0.05) is 0 Å². The molecule has 0 radical (unpaired) electrons. The molecule has 0 fully saturated rings. The zero-order chi connectivity index (χ0) is 12.0. The van der Waals surface area contributed by atoms with Crippen LogP contribution >= 0.6 is 0 Å². The monoisotopic (exact) mass is 223 g/mol. The molecule has 0 saturated carbocycles. The Morgan fingerprint density at radius 3 is 3.00 bits per heavy atom. The van der Waals surface area contributed by atoms with E-state index in [-0.39, 0.29) is 0 Å². The summed E-state index contributed by atoms with van der Waals surface area (Å²) >= 11 is 0. The van der Waals surface area contributed by atoms with E-state index in [4.69, 9.17) is 4.74 Å². The number of carbonyl (C=O) groups excluding carboxylic acids is 1. The lowest BCUT2D eigenvalue weighted by Gasteiger charge is -2.15. The van der Waals surface area contributed by atoms with Gasteiger partial charge < -0.3 is 10.1 Å². The van der Waals surface area contributed by atoms with Gasteiger partial charge in [0.25, 0.3) is 0 Å². The zero-order valence-corrected chi connectivity index (χ0v) is 9.07. The van der Waals surface area contributed by atoms with Crippen LogP contribution in [0.5, 0.6) is 5.75 Å². The third-order valence-corrected chi connectivity index (χ3v) is 2.15. The Morgan fingerprint density at radius 1 is 1.69 bits per heavy atom. The van der Waals surface area contributed by atoms with Gasteiger partial charge in [-0.1, -0.05) is 18.7 Å². The Balaban J connectivity index is 2.85. The molecule has 1 atom stereocenters. The second-order valence-corrected chi connectivity index (χ2v) is 3.20. The largest absolute Gasteiger partial charge is 0.497 e. The molecule has 0 aliphatic carbocycles. The number of alkyl halides is 1. The first-order valence-corrected chi connectivity index (χ1v) is 4.84. The lowest BCUT2D eigenvalue weighted by molar-refractivity contribution is -0.117. The minimum Gasteiger partial charge on any atom is -0.497 e. The van der Waals surface area contributed by atoms with Crippen LogP contribution in [0.3, 0.4) is 0 Å². The highest BCUT2D eigenvalue weighted by atomic mass is 19.1. The third kappa shape index (κ3) is 3.08. The minimum absolute atomic E-state index is 0.398. The van der Waals surface area contributed by atoms with Gasteiger partial charge in [0.15, 0.2) is 0 Å². The van der Waals surface area contributed by atoms with Crippen molar-refractivity contribution in [3.63, 3.8) is 0 Å². The lowest BCUT2D eigenvalue weighted by Crippen LogP contribution is -2.28. The van der Waals surface area contributed by atoms with Crippen LogP contribution in [0, 0.1) is 0 Å². The molecule has 0 heterocycles. The van der Waals surface area contributed by atoms with Crippen molar-refractivity contribution in [3.05, 3.63) is 42.5 Å². The summed E-state index contributed by atoms with van der Waals surface area (Å²) in [5.41, 5.74) is 0.664. The van der Waals surface area contributed by atoms with E-state index in [1.807, 2.05) is 0 Å². The number of hydrogen-bond acceptors (Lipinski definition) is 2. The summed E-state index contributed by atoms with van der Waals surface area (Å²) in [5, 5.41) is 2.50. The highest BCUT2D eigenvalue weighted by molar-refractivity contribution is 5.87. The Morgan fingerprint density at radius 2 is 2.44 bits per heavy atom. The van der Waals surface area contributed by atoms with Crippen molar-refractivity contribution < 1.29 is 13.9 Å². The smallest absolute Gasteiger partial charge is 0.243 e. The Bertz CT molecular complexity index is 379. The molecule has 1 aromatic rings. The van der Waals surface area contributed by atoms with Gasteiger partial charge in [-0.25, -0.2) is 4.39 Å². The molecule has 4 heteroatoms. The summed E-state index contributed by atoms with van der Waals surface area (Å²) in [7, 11) is 1.53. The molecule has 0 bridgehead atoms. The number of ether oxygens (including phenoxy) is 1. The van der Waals surface area contributed by atoms with Crippen LogP contribution in [0.2, 0.25) is 0 Å². The highest BCUT2D eigenvalue weighted by Crippen LogP contribution is 2.19. The van der Waals surface area contributed by atoms with Crippen LogP contribution in [0.1, 0.15) is 11.6 Å². The van der Waals surface area contributed by atoms with E-state index in [9.17, 15) is 9.18 Å². The number of hydrogen-bond donors (Lipinski definition) is 1. The summed E-state index contributed by atoms with van der Waals surface area (Å²) in [6.45, 7) is 2.64. The van der Waals surface area contributed by atoms with Crippen molar-refractivity contribution in [2.75, 3.05) is 13.8 Å². The average Bonchev–Trinajstić information content (AvgIpc) is 2.35. The molecule has 1 aromatic carbocycles. The fourth-order valence-electron chi connectivity index (χ4n) is 1.30. The molecular formula is C12H14FNO2. The minimum atomic E-state index is -0.674. The number of methoxy groups -OCH3 is 1. The summed E-state index contributed by atoms with van der Waals surface area (Å²) in [6, 6.07) is 6.26. The Kier molecular flexibility index (Phi) is 4.51. The SMILES string of the molecule is C=CC(=O)NC(CF)c1cccc(OC)c1. The highest BCUT2D eigenvalue weighted by Gasteiger charge is 2.13. The molecule has 86 valence electrons. The molecule has 3 nitrogen and oxygen atoms in total. The maximum Gasteiger partial charge on any atom is 0.243 e. The summed E-state index contributed by atoms with van der Waals surface area (Å²) in [6.07, 6.45) is 1.11. The second kappa shape index (κ2) is 5.90. The van der Waals surface area contributed by atoms with E-state index < -0.39 is 18.6 Å². The van der Waals surface area contributed by atoms with Gasteiger partial charge in [-0.05, 0) is 23.8 Å². The number of benzene rings is 1. The van der Waals surface area contributed by atoms with Crippen LogP contribution in [0.15, 0.2) is 36.9 Å². The number of nitrogens with one attached hydrogen (secondary N) is 1. The molecule has 1 unspecified atom stereocenters. The van der Waals surface area contributed by atoms with E-state index in [0.717, 1.165) is 6.08 Å². The van der Waals surface area contributed by atoms with Crippen molar-refractivity contribution >= 4 is 5.91 Å². The number of carbonyl (C=O) groups is 1. The summed E-state index contributed by atoms with van der Waals surface area (Å²) in [4.78, 5) is 11.1. The first-order valence-electron chi connectivity index (χ1n) is 4.84. The van der Waals surface area contributed by atoms with Gasteiger partial charge >= 0.3 is 0 Å². The average molecular weight is 223 g/mol. The van der Waals surface area contributed by atoms with E-state index in [2.05, 4.69) is 11.9 Å². The van der Waals surface area contributed by atoms with E-state index in [1.165, 1.54) is 7.11 Å². The van der Waals surface area contributed by atoms with Gasteiger partial charge in [0.2, 0.25) is 5.91 Å². The normalized spacial score (nSPS) is 11.6. The standard InChI is InChI=1S/C12H14FNO2/c1-3-12(15)14-11(8-13)9-5-4-6-10(7-9)16-2/h3-7,11H,1,8H2,2H3,(H,14,15). The molecule has 1 N–H and O–H groups in total. The molecule has 16 heavy (non-hydrogen) atoms. The molecule has 0 aliphatic rings. The van der Waals surface area contributed by atoms with Gasteiger partial charge in [-0.3, -0.25) is 4.79 Å². The van der Waals surface area contributed by atoms with Crippen LogP contribution in [0.4, 0.5) is 4.39 Å². The summed E-state index contributed by atoms with van der Waals surface area (Å²) in [5.74, 6) is 0.231. The third-order valence-electron chi connectivity index (χ3n) is 2.15. The van der Waals surface area contributed by atoms with E-state index in [0.29, 0.717) is 11.3 Å². The summed E-state index contributed by atoms with van der Waals surface area (Å²) < 4.78 is 17.8. The lowest BCUT2D eigenvalue weighted by atomic mass is 10.1. The zero-order valence-electron chi connectivity index (χ0n) is 9.07. The topological polar surface area (TPSA) is 38.3 Å². The van der Waals surface area contributed by atoms with Crippen molar-refractivity contribution in [3.8, 4) is 5.75 Å². The van der Waals surface area contributed by atoms with Crippen molar-refractivity contribution in [2.45, 2.75) is 6.04 Å². The van der Waals surface area contributed by atoms with Gasteiger partial charge in [0.05, 0.1) is 13.2 Å². The molecule has 0 spiro atoms. The van der Waals surface area contributed by atoms with Crippen LogP contribution in [0.25, 0.3) is 0 Å². The Labute approximate surface area is 93.9 Å². The van der Waals surface area contributed by atoms with Crippen molar-refractivity contribution in [1.29, 1.82) is 0 Å². The molecule has 0 aliphatic heterocycles. The number of amides is 1. The Hall–Kier alpha value is -1.84. The fraction of sp³-hybridized carbons (Fsp3) is 0.250. The fourth-order valence-corrected chi connectivity index (χ4v) is 1.30. The second-order valence-electron chi connectivity index (χ2n) is 3.20. The predicted octanol–water partition coefficient (Wildman–Crippen LogP) is 2.01. The van der Waals surface area contributed by atoms with Crippen LogP contribution < -0.4 is 10.1 Å². The first-order chi connectivity index (χ1) is 7.71. The molecule has 0 saturated heterocycles. The van der Waals surface area contributed by atoms with Gasteiger partial charge in [0.1, 0.15) is 12.4 Å². The number of rotatable bonds is 5. The van der Waals surface area contributed by atoms with Gasteiger partial charge in [-0.2, -0.15) is 0 Å². The van der Waals surface area contributed by atoms with Crippen molar-refractivity contribution in [1.82, 2.24) is 5.32 Å². The van der Waals surface area contributed by atoms with Crippen LogP contribution in [-0.4, -0.2) is 19.7 Å². The van der Waals surface area contributed by atoms with Gasteiger partial charge in [-0.15, -0.1) is 0 Å². The molecular weight excluding hydrogens is 209 g/mol. The quantitative estimate of drug-likeness (QED) is 0.775. The van der Waals surface area contributed by atoms with Crippen molar-refractivity contribution in [2.24, 2.45) is 0 Å². The van der Waals surface area contributed by atoms with Crippen LogP contribution in [-0.2, 0) is 4.79 Å². The molecule has 0 aromatic heterocycles. The molecule has 1 rings (SSSR count). The maximum atomic E-state index is 12.8. The van der Waals surface area contributed by atoms with E-state index >= 15 is 0 Å². The molecule has 1 amide bonds. The van der Waals surface area contributed by atoms with E-state index in [1.54, 1.807) is 24.3 Å².